The second-order valence-electron chi connectivity index (χ2n) is 4.69. The van der Waals surface area contributed by atoms with Crippen LogP contribution in [0.25, 0.3) is 11.2 Å². The Balaban J connectivity index is 2.04. The first-order valence-electron chi connectivity index (χ1n) is 5.92. The predicted octanol–water partition coefficient (Wildman–Crippen LogP) is -1.92. The Morgan fingerprint density at radius 1 is 1.32 bits per heavy atom. The highest BCUT2D eigenvalue weighted by molar-refractivity contribution is 5.80. The van der Waals surface area contributed by atoms with E-state index in [-0.39, 0.29) is 12.4 Å². The van der Waals surface area contributed by atoms with Gasteiger partial charge in [0.1, 0.15) is 12.4 Å². The van der Waals surface area contributed by atoms with Gasteiger partial charge in [-0.3, -0.25) is 0 Å². The van der Waals surface area contributed by atoms with Gasteiger partial charge < -0.3 is 21.1 Å². The maximum atomic E-state index is 10.0. The summed E-state index contributed by atoms with van der Waals surface area (Å²) in [6, 6.07) is -0.494. The predicted molar refractivity (Wildman–Crippen MR) is 63.8 cm³/mol. The molecule has 2 heterocycles. The van der Waals surface area contributed by atoms with Crippen LogP contribution in [-0.2, 0) is 0 Å². The van der Waals surface area contributed by atoms with E-state index in [2.05, 4.69) is 20.3 Å². The normalized spacial score (nSPS) is 31.1. The summed E-state index contributed by atoms with van der Waals surface area (Å²) < 4.78 is 1.43. The zero-order valence-electron chi connectivity index (χ0n) is 9.96. The highest BCUT2D eigenvalue weighted by atomic mass is 16.3. The van der Waals surface area contributed by atoms with E-state index < -0.39 is 24.2 Å². The molecule has 1 saturated carbocycles. The minimum Gasteiger partial charge on any atom is -0.396 e. The van der Waals surface area contributed by atoms with E-state index in [1.165, 1.54) is 11.0 Å². The van der Waals surface area contributed by atoms with Crippen molar-refractivity contribution in [2.45, 2.75) is 24.7 Å². The topological polar surface area (TPSA) is 143 Å². The van der Waals surface area contributed by atoms with Crippen molar-refractivity contribution in [3.63, 3.8) is 0 Å². The van der Waals surface area contributed by atoms with E-state index >= 15 is 0 Å². The van der Waals surface area contributed by atoms with Gasteiger partial charge in [-0.1, -0.05) is 5.21 Å². The minimum atomic E-state index is -1.03. The molecule has 102 valence electrons. The molecule has 1 fully saturated rings. The van der Waals surface area contributed by atoms with Crippen LogP contribution in [0.15, 0.2) is 6.33 Å². The van der Waals surface area contributed by atoms with Gasteiger partial charge in [-0.05, 0) is 6.42 Å². The largest absolute Gasteiger partial charge is 0.396 e. The molecular formula is C10H14N6O3. The standard InChI is InChI=1S/C10H14N6O3/c11-9-6-10(13-3-12-9)16(15-14-6)5-1-4(2-17)7(18)8(5)19/h3-5,7-8,17-19H,1-2H2,(H2,11,12,13)/t4-,5-,7+,8+/m1/s1. The Labute approximate surface area is 107 Å². The molecule has 0 aromatic carbocycles. The maximum Gasteiger partial charge on any atom is 0.184 e. The van der Waals surface area contributed by atoms with Gasteiger partial charge in [0.25, 0.3) is 0 Å². The first-order chi connectivity index (χ1) is 9.13. The molecule has 1 aliphatic rings. The molecule has 9 heteroatoms. The van der Waals surface area contributed by atoms with Crippen molar-refractivity contribution >= 4 is 17.0 Å². The van der Waals surface area contributed by atoms with Gasteiger partial charge in [-0.2, -0.15) is 0 Å². The summed E-state index contributed by atoms with van der Waals surface area (Å²) in [5.74, 6) is -0.179. The Bertz CT molecular complexity index is 602. The van der Waals surface area contributed by atoms with Gasteiger partial charge in [0.15, 0.2) is 17.0 Å². The molecule has 0 bridgehead atoms. The van der Waals surface area contributed by atoms with E-state index in [0.717, 1.165) is 0 Å². The van der Waals surface area contributed by atoms with E-state index in [4.69, 9.17) is 10.8 Å². The highest BCUT2D eigenvalue weighted by Gasteiger charge is 2.43. The molecule has 0 amide bonds. The van der Waals surface area contributed by atoms with Crippen molar-refractivity contribution in [3.8, 4) is 0 Å². The summed E-state index contributed by atoms with van der Waals surface area (Å²) >= 11 is 0. The maximum absolute atomic E-state index is 10.0. The summed E-state index contributed by atoms with van der Waals surface area (Å²) in [6.45, 7) is -0.196. The SMILES string of the molecule is Nc1ncnc2c1nnn2[C@@H]1C[C@H](CO)[C@H](O)[C@H]1O. The average Bonchev–Trinajstić information content (AvgIpc) is 2.94. The molecule has 1 aliphatic carbocycles. The summed E-state index contributed by atoms with van der Waals surface area (Å²) in [6.07, 6.45) is -0.341. The molecule has 2 aromatic rings. The van der Waals surface area contributed by atoms with Crippen LogP contribution >= 0.6 is 0 Å². The van der Waals surface area contributed by atoms with Gasteiger partial charge in [0.05, 0.1) is 12.1 Å². The van der Waals surface area contributed by atoms with E-state index in [0.29, 0.717) is 17.6 Å². The summed E-state index contributed by atoms with van der Waals surface area (Å²) in [5.41, 5.74) is 6.43. The quantitative estimate of drug-likeness (QED) is 0.492. The third-order valence-corrected chi connectivity index (χ3v) is 3.61. The van der Waals surface area contributed by atoms with Gasteiger partial charge in [0.2, 0.25) is 0 Å². The van der Waals surface area contributed by atoms with Crippen molar-refractivity contribution < 1.29 is 15.3 Å². The van der Waals surface area contributed by atoms with Crippen LogP contribution in [0.1, 0.15) is 12.5 Å². The average molecular weight is 266 g/mol. The van der Waals surface area contributed by atoms with Gasteiger partial charge in [-0.15, -0.1) is 5.10 Å². The number of rotatable bonds is 2. The Morgan fingerprint density at radius 2 is 2.11 bits per heavy atom. The number of nitrogens with two attached hydrogens (primary N) is 1. The van der Waals surface area contributed by atoms with Crippen molar-refractivity contribution in [3.05, 3.63) is 6.33 Å². The van der Waals surface area contributed by atoms with Crippen LogP contribution < -0.4 is 5.73 Å². The third kappa shape index (κ3) is 1.74. The van der Waals surface area contributed by atoms with Gasteiger partial charge in [0, 0.05) is 12.5 Å². The van der Waals surface area contributed by atoms with Crippen molar-refractivity contribution in [1.82, 2.24) is 25.0 Å². The zero-order chi connectivity index (χ0) is 13.6. The van der Waals surface area contributed by atoms with Crippen LogP contribution in [0.5, 0.6) is 0 Å². The van der Waals surface area contributed by atoms with Crippen molar-refractivity contribution in [1.29, 1.82) is 0 Å². The number of anilines is 1. The lowest BCUT2D eigenvalue weighted by atomic mass is 10.1. The third-order valence-electron chi connectivity index (χ3n) is 3.61. The van der Waals surface area contributed by atoms with Crippen LogP contribution in [0, 0.1) is 5.92 Å². The lowest BCUT2D eigenvalue weighted by Gasteiger charge is -2.16. The van der Waals surface area contributed by atoms with Crippen molar-refractivity contribution in [2.75, 3.05) is 12.3 Å². The van der Waals surface area contributed by atoms with Crippen molar-refractivity contribution in [2.24, 2.45) is 5.92 Å². The molecule has 0 aliphatic heterocycles. The number of hydrogen-bond acceptors (Lipinski definition) is 8. The fraction of sp³-hybridized carbons (Fsp3) is 0.600. The first-order valence-corrected chi connectivity index (χ1v) is 5.92. The van der Waals surface area contributed by atoms with Crippen LogP contribution in [0.2, 0.25) is 0 Å². The Morgan fingerprint density at radius 3 is 2.79 bits per heavy atom. The number of fused-ring (bicyclic) bond motifs is 1. The second-order valence-corrected chi connectivity index (χ2v) is 4.69. The highest BCUT2D eigenvalue weighted by Crippen LogP contribution is 2.35. The molecule has 3 rings (SSSR count). The smallest absolute Gasteiger partial charge is 0.184 e. The number of hydrogen-bond donors (Lipinski definition) is 4. The molecule has 0 unspecified atom stereocenters. The molecule has 0 saturated heterocycles. The second kappa shape index (κ2) is 4.37. The van der Waals surface area contributed by atoms with Crippen LogP contribution in [0.4, 0.5) is 5.82 Å². The van der Waals surface area contributed by atoms with Gasteiger partial charge in [-0.25, -0.2) is 14.6 Å². The lowest BCUT2D eigenvalue weighted by molar-refractivity contribution is -0.00511. The summed E-state index contributed by atoms with van der Waals surface area (Å²) in [7, 11) is 0. The van der Waals surface area contributed by atoms with E-state index in [1.54, 1.807) is 0 Å². The Kier molecular flexibility index (Phi) is 2.81. The Hall–Kier alpha value is -1.84. The first kappa shape index (κ1) is 12.2. The minimum absolute atomic E-state index is 0.196. The number of nitrogen functional groups attached to an aromatic ring is 1. The number of aromatic nitrogens is 5. The van der Waals surface area contributed by atoms with E-state index in [9.17, 15) is 10.2 Å². The fourth-order valence-corrected chi connectivity index (χ4v) is 2.53. The monoisotopic (exact) mass is 266 g/mol. The molecule has 4 atom stereocenters. The molecule has 9 nitrogen and oxygen atoms in total. The molecule has 0 spiro atoms. The van der Waals surface area contributed by atoms with Crippen LogP contribution in [-0.4, -0.2) is 59.1 Å². The van der Waals surface area contributed by atoms with Crippen LogP contribution in [0.3, 0.4) is 0 Å². The number of nitrogens with zero attached hydrogens (tertiary/aromatic N) is 5. The number of aliphatic hydroxyl groups excluding tert-OH is 3. The molecule has 5 N–H and O–H groups in total. The van der Waals surface area contributed by atoms with Gasteiger partial charge >= 0.3 is 0 Å². The summed E-state index contributed by atoms with van der Waals surface area (Å²) in [5, 5.41) is 36.8. The lowest BCUT2D eigenvalue weighted by Crippen LogP contribution is -2.30. The molecule has 19 heavy (non-hydrogen) atoms. The van der Waals surface area contributed by atoms with E-state index in [1.807, 2.05) is 0 Å². The fourth-order valence-electron chi connectivity index (χ4n) is 2.53. The molecule has 2 aromatic heterocycles. The molecule has 0 radical (unpaired) electrons. The number of aliphatic hydroxyl groups is 3. The zero-order valence-corrected chi connectivity index (χ0v) is 9.96. The summed E-state index contributed by atoms with van der Waals surface area (Å²) in [4.78, 5) is 7.86. The molecular weight excluding hydrogens is 252 g/mol.